The SMILES string of the molecule is COc1ccc(-n2ncc(C(=O)[AsH]C(CC(=O)O)c3ccc(-c4ccc(OC(F)(F)F)cc4)cc3)c2C(F)(F)F)nn1. The molecule has 4 rings (SSSR count). The summed E-state index contributed by atoms with van der Waals surface area (Å²) in [6.07, 6.45) is -9.58. The summed E-state index contributed by atoms with van der Waals surface area (Å²) in [5.74, 6) is -1.91. The molecule has 220 valence electrons. The van der Waals surface area contributed by atoms with E-state index < -0.39 is 67.0 Å². The quantitative estimate of drug-likeness (QED) is 0.186. The summed E-state index contributed by atoms with van der Waals surface area (Å²) < 4.78 is 86.9. The molecule has 0 spiro atoms. The van der Waals surface area contributed by atoms with E-state index in [1.165, 1.54) is 43.5 Å². The van der Waals surface area contributed by atoms with Gasteiger partial charge in [-0.2, -0.15) is 0 Å². The Hall–Kier alpha value is -4.39. The molecule has 42 heavy (non-hydrogen) atoms. The van der Waals surface area contributed by atoms with Gasteiger partial charge < -0.3 is 0 Å². The van der Waals surface area contributed by atoms with Crippen molar-refractivity contribution in [2.45, 2.75) is 23.7 Å². The van der Waals surface area contributed by atoms with E-state index in [2.05, 4.69) is 20.0 Å². The Morgan fingerprint density at radius 3 is 2.05 bits per heavy atom. The molecule has 2 aromatic heterocycles. The van der Waals surface area contributed by atoms with Gasteiger partial charge in [-0.15, -0.1) is 0 Å². The van der Waals surface area contributed by atoms with Gasteiger partial charge in [0.25, 0.3) is 0 Å². The molecule has 2 atom stereocenters. The van der Waals surface area contributed by atoms with Crippen molar-refractivity contribution in [3.05, 3.63) is 83.7 Å². The molecule has 0 aliphatic carbocycles. The number of hydrogen-bond acceptors (Lipinski definition) is 7. The van der Waals surface area contributed by atoms with E-state index in [1.807, 2.05) is 0 Å². The molecular formula is C26H19AsF6N4O5. The van der Waals surface area contributed by atoms with Crippen molar-refractivity contribution in [1.82, 2.24) is 20.0 Å². The average molecular weight is 656 g/mol. The van der Waals surface area contributed by atoms with Gasteiger partial charge in [-0.25, -0.2) is 0 Å². The van der Waals surface area contributed by atoms with Crippen LogP contribution in [0.1, 0.15) is 32.7 Å². The number of aromatic nitrogens is 4. The van der Waals surface area contributed by atoms with Crippen LogP contribution in [0.4, 0.5) is 26.3 Å². The van der Waals surface area contributed by atoms with Crippen LogP contribution in [0.15, 0.2) is 66.9 Å². The van der Waals surface area contributed by atoms with Crippen LogP contribution in [0.3, 0.4) is 0 Å². The third-order valence-corrected chi connectivity index (χ3v) is 8.73. The van der Waals surface area contributed by atoms with Crippen molar-refractivity contribution in [2.24, 2.45) is 0 Å². The first-order valence-corrected chi connectivity index (χ1v) is 14.0. The van der Waals surface area contributed by atoms with E-state index in [1.54, 1.807) is 12.1 Å². The van der Waals surface area contributed by atoms with E-state index in [9.17, 15) is 41.0 Å². The zero-order valence-electron chi connectivity index (χ0n) is 21.3. The number of halogens is 6. The van der Waals surface area contributed by atoms with Crippen molar-refractivity contribution in [3.63, 3.8) is 0 Å². The maximum absolute atomic E-state index is 14.1. The zero-order valence-corrected chi connectivity index (χ0v) is 23.4. The third kappa shape index (κ3) is 7.46. The van der Waals surface area contributed by atoms with Crippen LogP contribution >= 0.6 is 0 Å². The van der Waals surface area contributed by atoms with Gasteiger partial charge in [0.2, 0.25) is 0 Å². The number of carbonyl (C=O) groups is 2. The number of alkyl halides is 6. The molecular weight excluding hydrogens is 637 g/mol. The number of aliphatic carboxylic acids is 1. The molecule has 2 unspecified atom stereocenters. The van der Waals surface area contributed by atoms with Gasteiger partial charge in [0, 0.05) is 0 Å². The summed E-state index contributed by atoms with van der Waals surface area (Å²) in [4.78, 5) is 24.8. The standard InChI is InChI=1S/C26H19AsF6N4O5/c1-41-21-11-10-20(35-36-21)37-23(25(28,29)30)18(13-34-37)24(40)27-19(12-22(38)39)16-4-2-14(3-5-16)15-6-8-17(9-7-15)42-26(31,32)33/h2-11,13,19,27H,12H2,1H3,(H,38,39). The molecule has 0 aliphatic rings. The Balaban J connectivity index is 1.59. The summed E-state index contributed by atoms with van der Waals surface area (Å²) in [6, 6.07) is 13.7. The average Bonchev–Trinajstić information content (AvgIpc) is 3.39. The second-order valence-corrected chi connectivity index (χ2v) is 11.6. The predicted molar refractivity (Wildman–Crippen MR) is 136 cm³/mol. The Bertz CT molecular complexity index is 1560. The number of carboxylic acid groups (broad SMARTS) is 1. The van der Waals surface area contributed by atoms with Gasteiger partial charge >= 0.3 is 240 Å². The molecule has 4 aromatic rings. The molecule has 0 saturated carbocycles. The zero-order chi connectivity index (χ0) is 30.7. The molecule has 1 N–H and O–H groups in total. The fourth-order valence-corrected chi connectivity index (χ4v) is 6.62. The van der Waals surface area contributed by atoms with E-state index in [0.29, 0.717) is 21.4 Å². The van der Waals surface area contributed by atoms with Crippen molar-refractivity contribution >= 4 is 26.3 Å². The van der Waals surface area contributed by atoms with E-state index in [0.717, 1.165) is 18.3 Å². The van der Waals surface area contributed by atoms with Crippen molar-refractivity contribution < 1.29 is 50.5 Å². The van der Waals surface area contributed by atoms with E-state index >= 15 is 0 Å². The molecule has 0 amide bonds. The monoisotopic (exact) mass is 656 g/mol. The number of nitrogens with zero attached hydrogens (tertiary/aromatic N) is 4. The van der Waals surface area contributed by atoms with Crippen LogP contribution in [0.2, 0.25) is 0 Å². The van der Waals surface area contributed by atoms with Gasteiger partial charge in [-0.05, 0) is 0 Å². The van der Waals surface area contributed by atoms with Gasteiger partial charge in [-0.3, -0.25) is 0 Å². The van der Waals surface area contributed by atoms with Crippen molar-refractivity contribution in [1.29, 1.82) is 0 Å². The van der Waals surface area contributed by atoms with Crippen LogP contribution in [-0.4, -0.2) is 64.8 Å². The molecule has 2 aromatic carbocycles. The summed E-state index contributed by atoms with van der Waals surface area (Å²) in [5.41, 5.74) is -0.569. The van der Waals surface area contributed by atoms with Crippen LogP contribution in [0.25, 0.3) is 16.9 Å². The van der Waals surface area contributed by atoms with Crippen LogP contribution in [0, 0.1) is 0 Å². The Labute approximate surface area is 239 Å². The van der Waals surface area contributed by atoms with Crippen molar-refractivity contribution in [2.75, 3.05) is 7.11 Å². The third-order valence-electron chi connectivity index (χ3n) is 5.75. The molecule has 0 fully saturated rings. The Kier molecular flexibility index (Phi) is 8.90. The first kappa shape index (κ1) is 30.6. The number of carbonyl (C=O) groups excluding carboxylic acids is 1. The molecule has 0 saturated heterocycles. The summed E-state index contributed by atoms with van der Waals surface area (Å²) >= 11 is -2.03. The minimum absolute atomic E-state index is 0.0532. The summed E-state index contributed by atoms with van der Waals surface area (Å²) in [6.45, 7) is 0. The topological polar surface area (TPSA) is 116 Å². The molecule has 9 nitrogen and oxygen atoms in total. The number of rotatable bonds is 10. The van der Waals surface area contributed by atoms with Gasteiger partial charge in [0.15, 0.2) is 0 Å². The number of hydrogen-bond donors (Lipinski definition) is 1. The Morgan fingerprint density at radius 1 is 0.929 bits per heavy atom. The summed E-state index contributed by atoms with van der Waals surface area (Å²) in [5, 5.41) is 20.4. The normalized spacial score (nSPS) is 12.8. The fraction of sp³-hybridized carbons (Fsp3) is 0.192. The molecule has 0 bridgehead atoms. The van der Waals surface area contributed by atoms with Crippen LogP contribution in [-0.2, 0) is 11.0 Å². The second-order valence-electron chi connectivity index (χ2n) is 8.57. The first-order chi connectivity index (χ1) is 19.7. The summed E-state index contributed by atoms with van der Waals surface area (Å²) in [7, 11) is 1.30. The van der Waals surface area contributed by atoms with E-state index in [-0.39, 0.29) is 11.7 Å². The fourth-order valence-electron chi connectivity index (χ4n) is 3.92. The number of methoxy groups -OCH3 is 1. The van der Waals surface area contributed by atoms with Gasteiger partial charge in [0.05, 0.1) is 0 Å². The molecule has 16 heteroatoms. The number of carboxylic acids is 1. The van der Waals surface area contributed by atoms with Crippen molar-refractivity contribution in [3.8, 4) is 28.6 Å². The van der Waals surface area contributed by atoms with Gasteiger partial charge in [-0.1, -0.05) is 0 Å². The molecule has 2 heterocycles. The maximum atomic E-state index is 14.1. The second kappa shape index (κ2) is 12.2. The predicted octanol–water partition coefficient (Wildman–Crippen LogP) is 5.05. The van der Waals surface area contributed by atoms with Crippen LogP contribution < -0.4 is 9.47 Å². The molecule has 0 aliphatic heterocycles. The van der Waals surface area contributed by atoms with E-state index in [4.69, 9.17) is 4.74 Å². The Morgan fingerprint density at radius 2 is 1.55 bits per heavy atom. The first-order valence-electron chi connectivity index (χ1n) is 11.8. The number of benzene rings is 2. The molecule has 0 radical (unpaired) electrons. The van der Waals surface area contributed by atoms with Crippen LogP contribution in [0.5, 0.6) is 11.6 Å². The number of ether oxygens (including phenoxy) is 2. The van der Waals surface area contributed by atoms with Gasteiger partial charge in [0.1, 0.15) is 0 Å². The minimum atomic E-state index is -5.00.